The first-order valence-electron chi connectivity index (χ1n) is 4.58. The van der Waals surface area contributed by atoms with Crippen molar-refractivity contribution in [1.82, 2.24) is 5.32 Å². The summed E-state index contributed by atoms with van der Waals surface area (Å²) in [5.41, 5.74) is 1.18. The van der Waals surface area contributed by atoms with E-state index in [0.717, 1.165) is 0 Å². The molecule has 2 N–H and O–H groups in total. The Kier molecular flexibility index (Phi) is 3.57. The average molecular weight is 207 g/mol. The van der Waals surface area contributed by atoms with E-state index in [1.165, 1.54) is 13.0 Å². The molecule has 1 aromatic carbocycles. The molecule has 1 aromatic rings. The van der Waals surface area contributed by atoms with Gasteiger partial charge in [0.15, 0.2) is 5.78 Å². The number of nitrogens with one attached hydrogen (secondary N) is 1. The van der Waals surface area contributed by atoms with Crippen LogP contribution in [0.15, 0.2) is 18.2 Å². The lowest BCUT2D eigenvalue weighted by atomic mass is 9.98. The third-order valence-electron chi connectivity index (χ3n) is 2.14. The van der Waals surface area contributed by atoms with Crippen molar-refractivity contribution in [2.75, 3.05) is 7.05 Å². The first-order valence-corrected chi connectivity index (χ1v) is 4.58. The number of hydrogen-bond acceptors (Lipinski definition) is 3. The third-order valence-corrected chi connectivity index (χ3v) is 2.14. The maximum Gasteiger partial charge on any atom is 0.336 e. The van der Waals surface area contributed by atoms with Gasteiger partial charge in [-0.1, -0.05) is 12.1 Å². The van der Waals surface area contributed by atoms with Crippen molar-refractivity contribution < 1.29 is 14.7 Å². The van der Waals surface area contributed by atoms with Crippen molar-refractivity contribution in [1.29, 1.82) is 0 Å². The van der Waals surface area contributed by atoms with E-state index < -0.39 is 5.97 Å². The van der Waals surface area contributed by atoms with Crippen LogP contribution in [0.4, 0.5) is 0 Å². The van der Waals surface area contributed by atoms with E-state index >= 15 is 0 Å². The Morgan fingerprint density at radius 3 is 2.40 bits per heavy atom. The summed E-state index contributed by atoms with van der Waals surface area (Å²) in [6, 6.07) is 4.72. The first kappa shape index (κ1) is 11.4. The SMILES string of the molecule is CNCc1c(C(C)=O)cccc1C(=O)O. The summed E-state index contributed by atoms with van der Waals surface area (Å²) < 4.78 is 0. The fourth-order valence-corrected chi connectivity index (χ4v) is 1.48. The fourth-order valence-electron chi connectivity index (χ4n) is 1.48. The Hall–Kier alpha value is -1.68. The molecule has 0 aliphatic rings. The second-order valence-electron chi connectivity index (χ2n) is 3.22. The predicted molar refractivity (Wildman–Crippen MR) is 56.2 cm³/mol. The van der Waals surface area contributed by atoms with Gasteiger partial charge in [-0.05, 0) is 25.6 Å². The molecule has 0 atom stereocenters. The van der Waals surface area contributed by atoms with Gasteiger partial charge in [0.1, 0.15) is 0 Å². The molecule has 4 nitrogen and oxygen atoms in total. The molecule has 0 saturated carbocycles. The Morgan fingerprint density at radius 2 is 1.93 bits per heavy atom. The van der Waals surface area contributed by atoms with E-state index in [4.69, 9.17) is 5.11 Å². The number of carbonyl (C=O) groups excluding carboxylic acids is 1. The molecular weight excluding hydrogens is 194 g/mol. The number of Topliss-reactive ketones (excluding diaryl/α,β-unsaturated/α-hetero) is 1. The lowest BCUT2D eigenvalue weighted by Gasteiger charge is -2.09. The van der Waals surface area contributed by atoms with Crippen molar-refractivity contribution in [3.05, 3.63) is 34.9 Å². The molecule has 0 unspecified atom stereocenters. The second-order valence-corrected chi connectivity index (χ2v) is 3.22. The highest BCUT2D eigenvalue weighted by atomic mass is 16.4. The highest BCUT2D eigenvalue weighted by molar-refractivity contribution is 5.99. The van der Waals surface area contributed by atoms with Crippen LogP contribution in [-0.2, 0) is 6.54 Å². The number of carboxylic acid groups (broad SMARTS) is 1. The summed E-state index contributed by atoms with van der Waals surface area (Å²) >= 11 is 0. The van der Waals surface area contributed by atoms with Gasteiger partial charge in [0.25, 0.3) is 0 Å². The Morgan fingerprint density at radius 1 is 1.33 bits per heavy atom. The van der Waals surface area contributed by atoms with Gasteiger partial charge in [-0.25, -0.2) is 4.79 Å². The number of carboxylic acids is 1. The van der Waals surface area contributed by atoms with Crippen LogP contribution in [0.2, 0.25) is 0 Å². The van der Waals surface area contributed by atoms with Gasteiger partial charge in [-0.15, -0.1) is 0 Å². The van der Waals surface area contributed by atoms with Crippen LogP contribution >= 0.6 is 0 Å². The Balaban J connectivity index is 3.34. The molecule has 1 rings (SSSR count). The van der Waals surface area contributed by atoms with Gasteiger partial charge in [0.2, 0.25) is 0 Å². The van der Waals surface area contributed by atoms with Crippen molar-refractivity contribution in [3.8, 4) is 0 Å². The van der Waals surface area contributed by atoms with Crippen LogP contribution in [0.5, 0.6) is 0 Å². The molecule has 0 saturated heterocycles. The normalized spacial score (nSPS) is 10.0. The number of benzene rings is 1. The monoisotopic (exact) mass is 207 g/mol. The molecule has 0 aliphatic heterocycles. The minimum Gasteiger partial charge on any atom is -0.478 e. The molecule has 0 aromatic heterocycles. The molecule has 0 spiro atoms. The molecule has 0 heterocycles. The lowest BCUT2D eigenvalue weighted by molar-refractivity contribution is 0.0695. The van der Waals surface area contributed by atoms with Crippen LogP contribution in [0, 0.1) is 0 Å². The molecule has 0 bridgehead atoms. The summed E-state index contributed by atoms with van der Waals surface area (Å²) in [4.78, 5) is 22.2. The van der Waals surface area contributed by atoms with Gasteiger partial charge in [0, 0.05) is 12.1 Å². The standard InChI is InChI=1S/C11H13NO3/c1-7(13)8-4-3-5-9(11(14)15)10(8)6-12-2/h3-5,12H,6H2,1-2H3,(H,14,15). The summed E-state index contributed by atoms with van der Waals surface area (Å²) in [7, 11) is 1.71. The number of hydrogen-bond donors (Lipinski definition) is 2. The zero-order valence-corrected chi connectivity index (χ0v) is 8.70. The molecule has 0 fully saturated rings. The lowest BCUT2D eigenvalue weighted by Crippen LogP contribution is -2.15. The van der Waals surface area contributed by atoms with Crippen LogP contribution in [0.3, 0.4) is 0 Å². The zero-order chi connectivity index (χ0) is 11.4. The number of carbonyl (C=O) groups is 2. The van der Waals surface area contributed by atoms with E-state index in [1.54, 1.807) is 19.2 Å². The molecule has 0 radical (unpaired) electrons. The smallest absolute Gasteiger partial charge is 0.336 e. The average Bonchev–Trinajstić information content (AvgIpc) is 2.17. The Bertz CT molecular complexity index is 367. The third kappa shape index (κ3) is 2.41. The molecular formula is C11H13NO3. The quantitative estimate of drug-likeness (QED) is 0.730. The van der Waals surface area contributed by atoms with Crippen LogP contribution in [-0.4, -0.2) is 23.9 Å². The summed E-state index contributed by atoms with van der Waals surface area (Å²) in [6.07, 6.45) is 0. The molecule has 4 heteroatoms. The van der Waals surface area contributed by atoms with Crippen LogP contribution in [0.1, 0.15) is 33.2 Å². The topological polar surface area (TPSA) is 66.4 Å². The molecule has 0 amide bonds. The minimum absolute atomic E-state index is 0.122. The molecule has 80 valence electrons. The van der Waals surface area contributed by atoms with E-state index in [2.05, 4.69) is 5.32 Å². The number of rotatable bonds is 4. The van der Waals surface area contributed by atoms with Crippen molar-refractivity contribution >= 4 is 11.8 Å². The summed E-state index contributed by atoms with van der Waals surface area (Å²) in [6.45, 7) is 1.80. The first-order chi connectivity index (χ1) is 7.07. The van der Waals surface area contributed by atoms with E-state index in [9.17, 15) is 9.59 Å². The number of ketones is 1. The second kappa shape index (κ2) is 4.70. The van der Waals surface area contributed by atoms with Gasteiger partial charge in [-0.3, -0.25) is 4.79 Å². The van der Waals surface area contributed by atoms with Gasteiger partial charge < -0.3 is 10.4 Å². The van der Waals surface area contributed by atoms with Crippen molar-refractivity contribution in [2.24, 2.45) is 0 Å². The number of aromatic carboxylic acids is 1. The maximum absolute atomic E-state index is 11.3. The highest BCUT2D eigenvalue weighted by Crippen LogP contribution is 2.15. The zero-order valence-electron chi connectivity index (χ0n) is 8.70. The van der Waals surface area contributed by atoms with Crippen molar-refractivity contribution in [2.45, 2.75) is 13.5 Å². The minimum atomic E-state index is -1.01. The largest absolute Gasteiger partial charge is 0.478 e. The van der Waals surface area contributed by atoms with Crippen LogP contribution < -0.4 is 5.32 Å². The highest BCUT2D eigenvalue weighted by Gasteiger charge is 2.15. The van der Waals surface area contributed by atoms with E-state index in [-0.39, 0.29) is 11.3 Å². The predicted octanol–water partition coefficient (Wildman–Crippen LogP) is 1.31. The molecule has 0 aliphatic carbocycles. The van der Waals surface area contributed by atoms with E-state index in [0.29, 0.717) is 17.7 Å². The fraction of sp³-hybridized carbons (Fsp3) is 0.273. The van der Waals surface area contributed by atoms with E-state index in [1.807, 2.05) is 0 Å². The van der Waals surface area contributed by atoms with Crippen LogP contribution in [0.25, 0.3) is 0 Å². The van der Waals surface area contributed by atoms with Gasteiger partial charge >= 0.3 is 5.97 Å². The summed E-state index contributed by atoms with van der Waals surface area (Å²) in [5, 5.41) is 11.8. The Labute approximate surface area is 87.9 Å². The summed E-state index contributed by atoms with van der Waals surface area (Å²) in [5.74, 6) is -1.13. The van der Waals surface area contributed by atoms with Gasteiger partial charge in [0.05, 0.1) is 5.56 Å². The maximum atomic E-state index is 11.3. The molecule has 15 heavy (non-hydrogen) atoms. The van der Waals surface area contributed by atoms with Crippen molar-refractivity contribution in [3.63, 3.8) is 0 Å². The van der Waals surface area contributed by atoms with Gasteiger partial charge in [-0.2, -0.15) is 0 Å².